The molecule has 1 heterocycles. The van der Waals surface area contributed by atoms with Crippen molar-refractivity contribution in [1.29, 1.82) is 0 Å². The highest BCUT2D eigenvalue weighted by molar-refractivity contribution is 5.22. The minimum Gasteiger partial charge on any atom is -0.396 e. The van der Waals surface area contributed by atoms with E-state index in [4.69, 9.17) is 0 Å². The molecular weight excluding hydrogens is 202 g/mol. The van der Waals surface area contributed by atoms with Crippen molar-refractivity contribution < 1.29 is 5.11 Å². The Balaban J connectivity index is 2.47. The van der Waals surface area contributed by atoms with Gasteiger partial charge in [0.1, 0.15) is 0 Å². The van der Waals surface area contributed by atoms with E-state index in [2.05, 4.69) is 29.4 Å². The summed E-state index contributed by atoms with van der Waals surface area (Å²) >= 11 is 0. The van der Waals surface area contributed by atoms with Crippen LogP contribution in [0.5, 0.6) is 0 Å². The zero-order valence-corrected chi connectivity index (χ0v) is 10.7. The van der Waals surface area contributed by atoms with Crippen molar-refractivity contribution in [2.45, 2.75) is 40.7 Å². The molecule has 0 saturated heterocycles. The van der Waals surface area contributed by atoms with E-state index in [1.165, 1.54) is 5.56 Å². The van der Waals surface area contributed by atoms with Gasteiger partial charge in [0, 0.05) is 36.4 Å². The Morgan fingerprint density at radius 3 is 2.56 bits per heavy atom. The third kappa shape index (κ3) is 3.06. The molecule has 0 aliphatic heterocycles. The van der Waals surface area contributed by atoms with Gasteiger partial charge in [-0.2, -0.15) is 5.10 Å². The number of hydrogen-bond acceptors (Lipinski definition) is 3. The van der Waals surface area contributed by atoms with Crippen LogP contribution in [-0.4, -0.2) is 28.5 Å². The second-order valence-corrected chi connectivity index (χ2v) is 4.84. The molecule has 0 bridgehead atoms. The highest BCUT2D eigenvalue weighted by Gasteiger charge is 2.20. The van der Waals surface area contributed by atoms with Gasteiger partial charge in [0.25, 0.3) is 0 Å². The van der Waals surface area contributed by atoms with Gasteiger partial charge in [-0.15, -0.1) is 0 Å². The molecule has 0 fully saturated rings. The predicted molar refractivity (Wildman–Crippen MR) is 65.3 cm³/mol. The van der Waals surface area contributed by atoms with Gasteiger partial charge in [0.15, 0.2) is 0 Å². The van der Waals surface area contributed by atoms with Crippen LogP contribution in [0.3, 0.4) is 0 Å². The molecule has 3 N–H and O–H groups in total. The summed E-state index contributed by atoms with van der Waals surface area (Å²) in [5.74, 6) is 0. The van der Waals surface area contributed by atoms with E-state index in [1.807, 2.05) is 13.8 Å². The van der Waals surface area contributed by atoms with Gasteiger partial charge in [0.2, 0.25) is 0 Å². The van der Waals surface area contributed by atoms with Crippen LogP contribution < -0.4 is 5.32 Å². The molecule has 0 amide bonds. The summed E-state index contributed by atoms with van der Waals surface area (Å²) in [6, 6.07) is 0. The minimum atomic E-state index is -0.0223. The van der Waals surface area contributed by atoms with E-state index in [-0.39, 0.29) is 12.0 Å². The van der Waals surface area contributed by atoms with Gasteiger partial charge >= 0.3 is 0 Å². The molecule has 4 heteroatoms. The zero-order valence-electron chi connectivity index (χ0n) is 10.7. The molecule has 1 aromatic rings. The largest absolute Gasteiger partial charge is 0.396 e. The Bertz CT molecular complexity index is 310. The number of aliphatic hydroxyl groups is 1. The minimum absolute atomic E-state index is 0.0223. The molecule has 0 aliphatic rings. The number of hydrogen-bond donors (Lipinski definition) is 3. The molecule has 0 aliphatic carbocycles. The molecule has 0 radical (unpaired) electrons. The van der Waals surface area contributed by atoms with E-state index in [0.717, 1.165) is 30.9 Å². The molecule has 1 rings (SSSR count). The van der Waals surface area contributed by atoms with E-state index in [1.54, 1.807) is 0 Å². The first kappa shape index (κ1) is 13.2. The Morgan fingerprint density at radius 2 is 2.12 bits per heavy atom. The lowest BCUT2D eigenvalue weighted by Crippen LogP contribution is -2.34. The van der Waals surface area contributed by atoms with Crippen molar-refractivity contribution in [1.82, 2.24) is 15.5 Å². The average Bonchev–Trinajstić information content (AvgIpc) is 2.60. The molecule has 1 unspecified atom stereocenters. The molecule has 92 valence electrons. The molecule has 4 nitrogen and oxygen atoms in total. The maximum Gasteiger partial charge on any atom is 0.0638 e. The van der Waals surface area contributed by atoms with Gasteiger partial charge in [-0.25, -0.2) is 0 Å². The van der Waals surface area contributed by atoms with Crippen molar-refractivity contribution in [3.05, 3.63) is 17.0 Å². The fraction of sp³-hybridized carbons (Fsp3) is 0.750. The van der Waals surface area contributed by atoms with Gasteiger partial charge in [-0.1, -0.05) is 13.8 Å². The number of aryl methyl sites for hydroxylation is 2. The summed E-state index contributed by atoms with van der Waals surface area (Å²) < 4.78 is 0. The number of nitrogens with zero attached hydrogens (tertiary/aromatic N) is 1. The topological polar surface area (TPSA) is 60.9 Å². The molecule has 0 saturated carbocycles. The van der Waals surface area contributed by atoms with E-state index in [0.29, 0.717) is 0 Å². The lowest BCUT2D eigenvalue weighted by Gasteiger charge is -2.25. The van der Waals surface area contributed by atoms with Crippen LogP contribution in [0.2, 0.25) is 0 Å². The fourth-order valence-corrected chi connectivity index (χ4v) is 1.62. The van der Waals surface area contributed by atoms with Crippen molar-refractivity contribution >= 4 is 0 Å². The van der Waals surface area contributed by atoms with Crippen molar-refractivity contribution in [3.8, 4) is 0 Å². The van der Waals surface area contributed by atoms with Crippen LogP contribution in [0, 0.1) is 19.3 Å². The van der Waals surface area contributed by atoms with Crippen LogP contribution in [-0.2, 0) is 6.54 Å². The van der Waals surface area contributed by atoms with E-state index in [9.17, 15) is 5.11 Å². The molecule has 0 aromatic carbocycles. The van der Waals surface area contributed by atoms with Crippen molar-refractivity contribution in [3.63, 3.8) is 0 Å². The second kappa shape index (κ2) is 5.46. The smallest absolute Gasteiger partial charge is 0.0638 e. The van der Waals surface area contributed by atoms with Crippen molar-refractivity contribution in [2.75, 3.05) is 13.2 Å². The second-order valence-electron chi connectivity index (χ2n) is 4.84. The Hall–Kier alpha value is -0.870. The number of aromatic nitrogens is 2. The van der Waals surface area contributed by atoms with Gasteiger partial charge in [0.05, 0.1) is 5.69 Å². The zero-order chi connectivity index (χ0) is 12.2. The van der Waals surface area contributed by atoms with Crippen LogP contribution >= 0.6 is 0 Å². The van der Waals surface area contributed by atoms with Gasteiger partial charge < -0.3 is 10.4 Å². The first-order chi connectivity index (χ1) is 7.52. The van der Waals surface area contributed by atoms with Gasteiger partial charge in [-0.3, -0.25) is 5.10 Å². The van der Waals surface area contributed by atoms with Gasteiger partial charge in [-0.05, 0) is 20.3 Å². The molecule has 1 atom stereocenters. The third-order valence-corrected chi connectivity index (χ3v) is 3.37. The molecule has 0 spiro atoms. The summed E-state index contributed by atoms with van der Waals surface area (Å²) in [7, 11) is 0. The summed E-state index contributed by atoms with van der Waals surface area (Å²) in [4.78, 5) is 0. The van der Waals surface area contributed by atoms with Crippen LogP contribution in [0.15, 0.2) is 0 Å². The first-order valence-electron chi connectivity index (χ1n) is 5.84. The highest BCUT2D eigenvalue weighted by atomic mass is 16.3. The van der Waals surface area contributed by atoms with Crippen LogP contribution in [0.1, 0.15) is 37.2 Å². The quantitative estimate of drug-likeness (QED) is 0.688. The molecule has 16 heavy (non-hydrogen) atoms. The number of aliphatic hydroxyl groups excluding tert-OH is 1. The summed E-state index contributed by atoms with van der Waals surface area (Å²) in [6.07, 6.45) is 0.972. The van der Waals surface area contributed by atoms with E-state index < -0.39 is 0 Å². The molecule has 1 aromatic heterocycles. The summed E-state index contributed by atoms with van der Waals surface area (Å²) in [5.41, 5.74) is 3.38. The monoisotopic (exact) mass is 225 g/mol. The number of rotatable bonds is 6. The molecular formula is C12H23N3O. The van der Waals surface area contributed by atoms with E-state index >= 15 is 0 Å². The standard InChI is InChI=1S/C12H23N3O/c1-5-12(4,8-16)7-13-6-11-9(2)14-15-10(11)3/h13,16H,5-8H2,1-4H3,(H,14,15). The summed E-state index contributed by atoms with van der Waals surface area (Å²) in [6.45, 7) is 10.1. The third-order valence-electron chi connectivity index (χ3n) is 3.37. The summed E-state index contributed by atoms with van der Waals surface area (Å²) in [5, 5.41) is 19.8. The number of nitrogens with one attached hydrogen (secondary N) is 2. The lowest BCUT2D eigenvalue weighted by molar-refractivity contribution is 0.135. The van der Waals surface area contributed by atoms with Crippen LogP contribution in [0.25, 0.3) is 0 Å². The predicted octanol–water partition coefficient (Wildman–Crippen LogP) is 1.52. The van der Waals surface area contributed by atoms with Crippen LogP contribution in [0.4, 0.5) is 0 Å². The number of aromatic amines is 1. The Morgan fingerprint density at radius 1 is 1.44 bits per heavy atom. The Labute approximate surface area is 97.5 Å². The number of H-pyrrole nitrogens is 1. The normalized spacial score (nSPS) is 15.1. The first-order valence-corrected chi connectivity index (χ1v) is 5.84. The Kier molecular flexibility index (Phi) is 4.50. The lowest BCUT2D eigenvalue weighted by atomic mass is 9.88. The highest BCUT2D eigenvalue weighted by Crippen LogP contribution is 2.19. The maximum absolute atomic E-state index is 9.29. The fourth-order valence-electron chi connectivity index (χ4n) is 1.62. The SMILES string of the molecule is CCC(C)(CO)CNCc1c(C)n[nH]c1C. The average molecular weight is 225 g/mol. The maximum atomic E-state index is 9.29. The van der Waals surface area contributed by atoms with Crippen molar-refractivity contribution in [2.24, 2.45) is 5.41 Å².